The predicted octanol–water partition coefficient (Wildman–Crippen LogP) is 8.46. The maximum atomic E-state index is 6.26. The average molecular weight is 705 g/mol. The Morgan fingerprint density at radius 1 is 0.692 bits per heavy atom. The van der Waals surface area contributed by atoms with Gasteiger partial charge in [-0.15, -0.1) is 52.7 Å². The summed E-state index contributed by atoms with van der Waals surface area (Å²) < 4.78 is 6.26. The molecule has 0 aliphatic carbocycles. The zero-order valence-corrected chi connectivity index (χ0v) is 26.6. The van der Waals surface area contributed by atoms with Gasteiger partial charge in [0.15, 0.2) is 0 Å². The van der Waals surface area contributed by atoms with Gasteiger partial charge in [0.05, 0.1) is 5.58 Å². The summed E-state index contributed by atoms with van der Waals surface area (Å²) in [4.78, 5) is 8.93. The van der Waals surface area contributed by atoms with Crippen molar-refractivity contribution < 1.29 is 24.5 Å². The monoisotopic (exact) mass is 705 g/mol. The summed E-state index contributed by atoms with van der Waals surface area (Å²) in [6.45, 7) is 13.2. The van der Waals surface area contributed by atoms with E-state index in [2.05, 4.69) is 85.1 Å². The van der Waals surface area contributed by atoms with Gasteiger partial charge >= 0.3 is 0 Å². The summed E-state index contributed by atoms with van der Waals surface area (Å²) >= 11 is 0. The Morgan fingerprint density at radius 3 is 1.92 bits per heavy atom. The van der Waals surface area contributed by atoms with Gasteiger partial charge in [-0.25, -0.2) is 0 Å². The molecule has 0 saturated carbocycles. The first-order chi connectivity index (χ1) is 18.2. The van der Waals surface area contributed by atoms with Crippen LogP contribution in [0.3, 0.4) is 0 Å². The van der Waals surface area contributed by atoms with E-state index in [9.17, 15) is 0 Å². The minimum atomic E-state index is -1.52. The largest absolute Gasteiger partial charge is 0.501 e. The predicted molar refractivity (Wildman–Crippen MR) is 161 cm³/mol. The summed E-state index contributed by atoms with van der Waals surface area (Å²) in [5.74, 6) is 0. The molecule has 0 fully saturated rings. The van der Waals surface area contributed by atoms with E-state index < -0.39 is 8.07 Å². The Hall–Kier alpha value is -3.37. The van der Waals surface area contributed by atoms with Gasteiger partial charge in [0.2, 0.25) is 0 Å². The molecule has 6 aromatic rings. The quantitative estimate of drug-likeness (QED) is 0.137. The molecule has 0 spiro atoms. The van der Waals surface area contributed by atoms with Crippen LogP contribution in [0.5, 0.6) is 0 Å². The number of para-hydroxylation sites is 1. The van der Waals surface area contributed by atoms with Gasteiger partial charge < -0.3 is 14.4 Å². The van der Waals surface area contributed by atoms with Gasteiger partial charge in [0, 0.05) is 46.0 Å². The van der Waals surface area contributed by atoms with Gasteiger partial charge in [-0.2, -0.15) is 0 Å². The number of pyridine rings is 2. The van der Waals surface area contributed by atoms with Crippen LogP contribution in [0.1, 0.15) is 16.7 Å². The van der Waals surface area contributed by atoms with Crippen molar-refractivity contribution in [3.05, 3.63) is 114 Å². The molecule has 5 heteroatoms. The number of fused-ring (bicyclic) bond motifs is 3. The summed E-state index contributed by atoms with van der Waals surface area (Å²) in [5, 5.41) is 3.81. The zero-order chi connectivity index (χ0) is 26.9. The molecule has 0 bridgehead atoms. The Balaban J connectivity index is 0.000000202. The summed E-state index contributed by atoms with van der Waals surface area (Å²) in [5.41, 5.74) is 9.29. The fourth-order valence-electron chi connectivity index (χ4n) is 4.46. The molecule has 0 N–H and O–H groups in total. The Morgan fingerprint density at radius 2 is 1.33 bits per heavy atom. The van der Waals surface area contributed by atoms with Crippen molar-refractivity contribution in [1.29, 1.82) is 0 Å². The molecular formula is C34H32IrN2OSi-2. The number of aryl methyl sites for hydroxylation is 3. The second-order valence-corrected chi connectivity index (χ2v) is 15.9. The van der Waals surface area contributed by atoms with Crippen LogP contribution in [0.2, 0.25) is 19.6 Å². The molecule has 3 heterocycles. The standard InChI is InChI=1S/C21H20NOSi.C13H12N.Ir/c1-14-9-11-17(22-13-14)15-10-12-19(24(2,3)4)20-16-7-5-6-8-18(16)23-21(15)20;1-10-3-6-12(7-4-10)13-8-5-11(2)9-14-13;/h5-9,11-13H,1-4H3;3-6,8-9H,1-2H3;/q2*-1;. The minimum Gasteiger partial charge on any atom is -0.501 e. The third-order valence-electron chi connectivity index (χ3n) is 6.58. The number of rotatable bonds is 3. The maximum absolute atomic E-state index is 6.26. The van der Waals surface area contributed by atoms with Crippen molar-refractivity contribution >= 4 is 35.2 Å². The second kappa shape index (κ2) is 11.8. The van der Waals surface area contributed by atoms with Crippen LogP contribution in [0.4, 0.5) is 0 Å². The number of hydrogen-bond donors (Lipinski definition) is 0. The molecule has 0 amide bonds. The zero-order valence-electron chi connectivity index (χ0n) is 23.2. The SMILES string of the molecule is Cc1c[c-]c(-c2ccc(C)cn2)cc1.Cc1ccc(-c2[c-]cc([Si](C)(C)C)c3c2oc2ccccc23)nc1.[Ir]. The van der Waals surface area contributed by atoms with Gasteiger partial charge in [0.1, 0.15) is 5.58 Å². The van der Waals surface area contributed by atoms with Crippen LogP contribution >= 0.6 is 0 Å². The Kier molecular flexibility index (Phi) is 8.66. The molecule has 3 nitrogen and oxygen atoms in total. The van der Waals surface area contributed by atoms with Crippen molar-refractivity contribution in [2.24, 2.45) is 0 Å². The van der Waals surface area contributed by atoms with E-state index in [-0.39, 0.29) is 20.1 Å². The maximum Gasteiger partial charge on any atom is 0.120 e. The average Bonchev–Trinajstić information content (AvgIpc) is 3.29. The van der Waals surface area contributed by atoms with Crippen molar-refractivity contribution in [3.8, 4) is 22.5 Å². The molecule has 3 aromatic heterocycles. The van der Waals surface area contributed by atoms with E-state index in [1.54, 1.807) is 0 Å². The van der Waals surface area contributed by atoms with Gasteiger partial charge in [-0.1, -0.05) is 80.0 Å². The minimum absolute atomic E-state index is 0. The number of furan rings is 1. The second-order valence-electron chi connectivity index (χ2n) is 10.9. The molecule has 0 saturated heterocycles. The fourth-order valence-corrected chi connectivity index (χ4v) is 5.96. The van der Waals surface area contributed by atoms with E-state index in [1.807, 2.05) is 62.6 Å². The number of benzene rings is 3. The van der Waals surface area contributed by atoms with E-state index >= 15 is 0 Å². The molecule has 39 heavy (non-hydrogen) atoms. The van der Waals surface area contributed by atoms with Crippen LogP contribution in [-0.4, -0.2) is 18.0 Å². The topological polar surface area (TPSA) is 38.9 Å². The molecule has 6 rings (SSSR count). The number of hydrogen-bond acceptors (Lipinski definition) is 3. The normalized spacial score (nSPS) is 11.1. The molecular weight excluding hydrogens is 673 g/mol. The van der Waals surface area contributed by atoms with Crippen LogP contribution in [0, 0.1) is 32.9 Å². The van der Waals surface area contributed by atoms with Crippen molar-refractivity contribution in [2.45, 2.75) is 40.4 Å². The fraction of sp³-hybridized carbons (Fsp3) is 0.176. The van der Waals surface area contributed by atoms with Crippen LogP contribution in [0.25, 0.3) is 44.5 Å². The summed E-state index contributed by atoms with van der Waals surface area (Å²) in [6, 6.07) is 31.4. The number of aromatic nitrogens is 2. The Labute approximate surface area is 245 Å². The van der Waals surface area contributed by atoms with Crippen LogP contribution in [-0.2, 0) is 20.1 Å². The van der Waals surface area contributed by atoms with Crippen LogP contribution in [0.15, 0.2) is 89.6 Å². The number of nitrogens with zero attached hydrogens (tertiary/aromatic N) is 2. The van der Waals surface area contributed by atoms with E-state index in [0.29, 0.717) is 0 Å². The summed E-state index contributed by atoms with van der Waals surface area (Å²) in [7, 11) is -1.52. The molecule has 1 radical (unpaired) electrons. The molecule has 0 aliphatic rings. The summed E-state index contributed by atoms with van der Waals surface area (Å²) in [6.07, 6.45) is 3.77. The van der Waals surface area contributed by atoms with Crippen molar-refractivity contribution in [1.82, 2.24) is 9.97 Å². The Bertz CT molecular complexity index is 1660. The van der Waals surface area contributed by atoms with E-state index in [0.717, 1.165) is 39.2 Å². The first kappa shape index (κ1) is 28.6. The molecule has 3 aromatic carbocycles. The van der Waals surface area contributed by atoms with Gasteiger partial charge in [-0.05, 0) is 42.4 Å². The van der Waals surface area contributed by atoms with E-state index in [1.165, 1.54) is 27.1 Å². The van der Waals surface area contributed by atoms with Crippen molar-refractivity contribution in [3.63, 3.8) is 0 Å². The molecule has 0 unspecified atom stereocenters. The van der Waals surface area contributed by atoms with Gasteiger partial charge in [-0.3, -0.25) is 0 Å². The smallest absolute Gasteiger partial charge is 0.120 e. The molecule has 199 valence electrons. The first-order valence-corrected chi connectivity index (χ1v) is 16.4. The molecule has 0 aliphatic heterocycles. The van der Waals surface area contributed by atoms with Crippen LogP contribution < -0.4 is 5.19 Å². The molecule has 0 atom stereocenters. The van der Waals surface area contributed by atoms with E-state index in [4.69, 9.17) is 4.42 Å². The first-order valence-electron chi connectivity index (χ1n) is 12.9. The third-order valence-corrected chi connectivity index (χ3v) is 8.59. The third kappa shape index (κ3) is 6.28. The van der Waals surface area contributed by atoms with Crippen molar-refractivity contribution in [2.75, 3.05) is 0 Å². The van der Waals surface area contributed by atoms with Gasteiger partial charge in [0.25, 0.3) is 0 Å².